The Hall–Kier alpha value is -0.420. The second-order valence-electron chi connectivity index (χ2n) is 4.19. The van der Waals surface area contributed by atoms with Crippen LogP contribution in [0.1, 0.15) is 16.8 Å². The van der Waals surface area contributed by atoms with Gasteiger partial charge in [0.15, 0.2) is 0 Å². The quantitative estimate of drug-likeness (QED) is 0.736. The molecule has 1 aliphatic rings. The molecule has 1 heterocycles. The SMILES string of the molecule is O=C(c1ccc(F)c(Br)c1)N1CCC(CBr)C1. The fourth-order valence-electron chi connectivity index (χ4n) is 1.95. The van der Waals surface area contributed by atoms with Crippen LogP contribution in [0.5, 0.6) is 0 Å². The largest absolute Gasteiger partial charge is 0.338 e. The predicted octanol–water partition coefficient (Wildman–Crippen LogP) is 3.45. The van der Waals surface area contributed by atoms with Crippen molar-refractivity contribution in [3.05, 3.63) is 34.1 Å². The number of benzene rings is 1. The van der Waals surface area contributed by atoms with E-state index in [1.165, 1.54) is 12.1 Å². The van der Waals surface area contributed by atoms with E-state index >= 15 is 0 Å². The van der Waals surface area contributed by atoms with E-state index in [9.17, 15) is 9.18 Å². The molecule has 17 heavy (non-hydrogen) atoms. The molecule has 2 nitrogen and oxygen atoms in total. The van der Waals surface area contributed by atoms with Crippen molar-refractivity contribution < 1.29 is 9.18 Å². The molecule has 0 radical (unpaired) electrons. The van der Waals surface area contributed by atoms with Crippen molar-refractivity contribution >= 4 is 37.8 Å². The number of alkyl halides is 1. The van der Waals surface area contributed by atoms with Crippen molar-refractivity contribution in [2.45, 2.75) is 6.42 Å². The standard InChI is InChI=1S/C12H12Br2FNO/c13-6-8-3-4-16(7-8)12(17)9-1-2-11(15)10(14)5-9/h1-2,5,8H,3-4,6-7H2. The molecular weight excluding hydrogens is 353 g/mol. The van der Waals surface area contributed by atoms with E-state index in [0.717, 1.165) is 24.8 Å². The third-order valence-electron chi connectivity index (χ3n) is 2.96. The summed E-state index contributed by atoms with van der Waals surface area (Å²) in [7, 11) is 0. The molecule has 0 spiro atoms. The van der Waals surface area contributed by atoms with Crippen LogP contribution in [0.2, 0.25) is 0 Å². The van der Waals surface area contributed by atoms with Crippen molar-refractivity contribution in [1.82, 2.24) is 4.90 Å². The second-order valence-corrected chi connectivity index (χ2v) is 5.69. The number of amides is 1. The maximum atomic E-state index is 13.1. The summed E-state index contributed by atoms with van der Waals surface area (Å²) in [6, 6.07) is 4.39. The monoisotopic (exact) mass is 363 g/mol. The molecule has 0 saturated carbocycles. The smallest absolute Gasteiger partial charge is 0.253 e. The van der Waals surface area contributed by atoms with Gasteiger partial charge in [0.2, 0.25) is 0 Å². The highest BCUT2D eigenvalue weighted by Crippen LogP contribution is 2.22. The van der Waals surface area contributed by atoms with Crippen LogP contribution in [-0.2, 0) is 0 Å². The normalized spacial score (nSPS) is 19.7. The van der Waals surface area contributed by atoms with Gasteiger partial charge in [-0.1, -0.05) is 15.9 Å². The topological polar surface area (TPSA) is 20.3 Å². The minimum atomic E-state index is -0.346. The average molecular weight is 365 g/mol. The third kappa shape index (κ3) is 2.88. The number of carbonyl (C=O) groups excluding carboxylic acids is 1. The average Bonchev–Trinajstić information content (AvgIpc) is 2.80. The molecule has 2 rings (SSSR count). The number of likely N-dealkylation sites (tertiary alicyclic amines) is 1. The Kier molecular flexibility index (Phi) is 4.20. The Morgan fingerprint density at radius 3 is 2.88 bits per heavy atom. The summed E-state index contributed by atoms with van der Waals surface area (Å²) in [5.74, 6) is 0.165. The molecule has 1 aromatic carbocycles. The van der Waals surface area contributed by atoms with Gasteiger partial charge in [0.1, 0.15) is 5.82 Å². The minimum Gasteiger partial charge on any atom is -0.338 e. The Balaban J connectivity index is 2.12. The van der Waals surface area contributed by atoms with Gasteiger partial charge >= 0.3 is 0 Å². The molecule has 1 fully saturated rings. The molecule has 5 heteroatoms. The number of rotatable bonds is 2. The van der Waals surface area contributed by atoms with Crippen LogP contribution < -0.4 is 0 Å². The number of carbonyl (C=O) groups is 1. The van der Waals surface area contributed by atoms with Gasteiger partial charge in [0.05, 0.1) is 4.47 Å². The van der Waals surface area contributed by atoms with Crippen LogP contribution in [-0.4, -0.2) is 29.2 Å². The maximum absolute atomic E-state index is 13.1. The third-order valence-corrected chi connectivity index (χ3v) is 4.48. The van der Waals surface area contributed by atoms with Gasteiger partial charge in [-0.15, -0.1) is 0 Å². The summed E-state index contributed by atoms with van der Waals surface area (Å²) in [5.41, 5.74) is 0.536. The molecule has 0 bridgehead atoms. The van der Waals surface area contributed by atoms with E-state index in [4.69, 9.17) is 0 Å². The first-order valence-corrected chi connectivity index (χ1v) is 7.33. The lowest BCUT2D eigenvalue weighted by molar-refractivity contribution is 0.0788. The molecule has 1 amide bonds. The molecule has 0 N–H and O–H groups in total. The molecule has 1 saturated heterocycles. The summed E-state index contributed by atoms with van der Waals surface area (Å²) in [4.78, 5) is 14.0. The van der Waals surface area contributed by atoms with Gasteiger partial charge in [-0.3, -0.25) is 4.79 Å². The van der Waals surface area contributed by atoms with Crippen molar-refractivity contribution in [2.75, 3.05) is 18.4 Å². The Morgan fingerprint density at radius 2 is 2.29 bits per heavy atom. The van der Waals surface area contributed by atoms with Crippen LogP contribution in [0.3, 0.4) is 0 Å². The summed E-state index contributed by atoms with van der Waals surface area (Å²) < 4.78 is 13.4. The van der Waals surface area contributed by atoms with Gasteiger partial charge in [-0.25, -0.2) is 4.39 Å². The first-order valence-electron chi connectivity index (χ1n) is 5.42. The molecule has 1 aliphatic heterocycles. The zero-order chi connectivity index (χ0) is 12.4. The molecule has 0 aliphatic carbocycles. The Bertz CT molecular complexity index is 439. The summed E-state index contributed by atoms with van der Waals surface area (Å²) in [6.07, 6.45) is 1.03. The molecule has 0 aromatic heterocycles. The van der Waals surface area contributed by atoms with E-state index in [-0.39, 0.29) is 11.7 Å². The first kappa shape index (κ1) is 13.0. The second kappa shape index (κ2) is 5.48. The molecule has 1 aromatic rings. The minimum absolute atomic E-state index is 0.0193. The summed E-state index contributed by atoms with van der Waals surface area (Å²) >= 11 is 6.53. The van der Waals surface area contributed by atoms with E-state index in [1.54, 1.807) is 6.07 Å². The predicted molar refractivity (Wildman–Crippen MR) is 71.9 cm³/mol. The highest BCUT2D eigenvalue weighted by molar-refractivity contribution is 9.10. The first-order chi connectivity index (χ1) is 8.11. The van der Waals surface area contributed by atoms with Crippen LogP contribution in [0.4, 0.5) is 4.39 Å². The van der Waals surface area contributed by atoms with Gasteiger partial charge in [0.25, 0.3) is 5.91 Å². The van der Waals surface area contributed by atoms with Crippen LogP contribution in [0, 0.1) is 11.7 Å². The van der Waals surface area contributed by atoms with Gasteiger partial charge < -0.3 is 4.90 Å². The lowest BCUT2D eigenvalue weighted by Crippen LogP contribution is -2.28. The highest BCUT2D eigenvalue weighted by atomic mass is 79.9. The molecular formula is C12H12Br2FNO. The highest BCUT2D eigenvalue weighted by Gasteiger charge is 2.26. The van der Waals surface area contributed by atoms with Gasteiger partial charge in [-0.05, 0) is 46.5 Å². The number of hydrogen-bond donors (Lipinski definition) is 0. The number of hydrogen-bond acceptors (Lipinski definition) is 1. The van der Waals surface area contributed by atoms with Crippen LogP contribution >= 0.6 is 31.9 Å². The lowest BCUT2D eigenvalue weighted by atomic mass is 10.2. The molecule has 1 unspecified atom stereocenters. The van der Waals surface area contributed by atoms with E-state index in [0.29, 0.717) is 16.0 Å². The Labute approximate surface area is 116 Å². The summed E-state index contributed by atoms with van der Waals surface area (Å²) in [6.45, 7) is 1.56. The number of nitrogens with zero attached hydrogens (tertiary/aromatic N) is 1. The molecule has 1 atom stereocenters. The fourth-order valence-corrected chi connectivity index (χ4v) is 2.86. The summed E-state index contributed by atoms with van der Waals surface area (Å²) in [5, 5.41) is 0.921. The number of halogens is 3. The van der Waals surface area contributed by atoms with Crippen LogP contribution in [0.25, 0.3) is 0 Å². The van der Waals surface area contributed by atoms with Crippen molar-refractivity contribution in [1.29, 1.82) is 0 Å². The lowest BCUT2D eigenvalue weighted by Gasteiger charge is -2.16. The van der Waals surface area contributed by atoms with Gasteiger partial charge in [-0.2, -0.15) is 0 Å². The molecule has 92 valence electrons. The van der Waals surface area contributed by atoms with E-state index in [1.807, 2.05) is 4.90 Å². The maximum Gasteiger partial charge on any atom is 0.253 e. The van der Waals surface area contributed by atoms with E-state index in [2.05, 4.69) is 31.9 Å². The zero-order valence-electron chi connectivity index (χ0n) is 9.13. The van der Waals surface area contributed by atoms with Gasteiger partial charge in [0, 0.05) is 24.0 Å². The zero-order valence-corrected chi connectivity index (χ0v) is 12.3. The van der Waals surface area contributed by atoms with Crippen molar-refractivity contribution in [3.63, 3.8) is 0 Å². The fraction of sp³-hybridized carbons (Fsp3) is 0.417. The van der Waals surface area contributed by atoms with Crippen molar-refractivity contribution in [2.24, 2.45) is 5.92 Å². The Morgan fingerprint density at radius 1 is 1.53 bits per heavy atom. The van der Waals surface area contributed by atoms with Crippen molar-refractivity contribution in [3.8, 4) is 0 Å². The van der Waals surface area contributed by atoms with Crippen LogP contribution in [0.15, 0.2) is 22.7 Å². The van der Waals surface area contributed by atoms with E-state index < -0.39 is 0 Å².